The molecule has 4 rings (SSSR count). The predicted octanol–water partition coefficient (Wildman–Crippen LogP) is 0.403. The van der Waals surface area contributed by atoms with Crippen LogP contribution in [-0.2, 0) is 15.6 Å². The Balaban J connectivity index is 1.77. The summed E-state index contributed by atoms with van der Waals surface area (Å²) in [5.74, 6) is 0.879. The Bertz CT molecular complexity index is 670. The molecule has 6 nitrogen and oxygen atoms in total. The number of fused-ring (bicyclic) bond motifs is 3. The van der Waals surface area contributed by atoms with Gasteiger partial charge in [0.2, 0.25) is 5.95 Å². The van der Waals surface area contributed by atoms with E-state index in [1.807, 2.05) is 7.05 Å². The van der Waals surface area contributed by atoms with Crippen LogP contribution in [0.1, 0.15) is 30.0 Å². The highest BCUT2D eigenvalue weighted by Gasteiger charge is 2.46. The summed E-state index contributed by atoms with van der Waals surface area (Å²) in [6.07, 6.45) is 4.11. The molecule has 2 saturated heterocycles. The van der Waals surface area contributed by atoms with Crippen LogP contribution in [0.5, 0.6) is 0 Å². The highest BCUT2D eigenvalue weighted by molar-refractivity contribution is 7.91. The average Bonchev–Trinajstić information content (AvgIpc) is 3.07. The van der Waals surface area contributed by atoms with Crippen LogP contribution in [0.25, 0.3) is 0 Å². The quantitative estimate of drug-likeness (QED) is 0.748. The molecule has 0 amide bonds. The Labute approximate surface area is 125 Å². The molecule has 1 aromatic rings. The third-order valence-corrected chi connectivity index (χ3v) is 7.01. The molecular formula is C14H20N4O2S. The lowest BCUT2D eigenvalue weighted by atomic mass is 10.00. The van der Waals surface area contributed by atoms with Crippen LogP contribution in [0.3, 0.4) is 0 Å². The van der Waals surface area contributed by atoms with Crippen LogP contribution >= 0.6 is 0 Å². The van der Waals surface area contributed by atoms with Gasteiger partial charge in [-0.05, 0) is 19.9 Å². The molecule has 0 unspecified atom stereocenters. The maximum atomic E-state index is 12.4. The highest BCUT2D eigenvalue weighted by atomic mass is 32.2. The van der Waals surface area contributed by atoms with E-state index in [2.05, 4.69) is 14.8 Å². The zero-order chi connectivity index (χ0) is 14.6. The topological polar surface area (TPSA) is 66.4 Å². The third kappa shape index (κ3) is 2.14. The maximum Gasteiger partial charge on any atom is 0.225 e. The van der Waals surface area contributed by atoms with Gasteiger partial charge in [-0.2, -0.15) is 0 Å². The number of nitrogens with zero attached hydrogens (tertiary/aromatic N) is 4. The first kappa shape index (κ1) is 13.5. The summed E-state index contributed by atoms with van der Waals surface area (Å²) in [6, 6.07) is 0. The lowest BCUT2D eigenvalue weighted by Gasteiger charge is -2.27. The number of aromatic nitrogens is 2. The Morgan fingerprint density at radius 2 is 2.00 bits per heavy atom. The third-order valence-electron chi connectivity index (χ3n) is 4.89. The molecule has 0 saturated carbocycles. The smallest absolute Gasteiger partial charge is 0.225 e. The van der Waals surface area contributed by atoms with Gasteiger partial charge in [-0.1, -0.05) is 0 Å². The summed E-state index contributed by atoms with van der Waals surface area (Å²) < 4.78 is 24.8. The molecule has 0 aliphatic carbocycles. The van der Waals surface area contributed by atoms with Crippen LogP contribution < -0.4 is 4.90 Å². The SMILES string of the molecule is CN1C[C@H]2c3nc(N4CCCC4)ncc3CS(=O)(=O)[C@H]2C1. The molecule has 4 heterocycles. The van der Waals surface area contributed by atoms with Crippen molar-refractivity contribution in [3.05, 3.63) is 17.5 Å². The molecule has 21 heavy (non-hydrogen) atoms. The minimum absolute atomic E-state index is 0.00750. The van der Waals surface area contributed by atoms with E-state index in [4.69, 9.17) is 4.98 Å². The van der Waals surface area contributed by atoms with E-state index >= 15 is 0 Å². The van der Waals surface area contributed by atoms with Crippen LogP contribution in [0.15, 0.2) is 6.20 Å². The fraction of sp³-hybridized carbons (Fsp3) is 0.714. The van der Waals surface area contributed by atoms with Crippen LogP contribution in [0.2, 0.25) is 0 Å². The second-order valence-corrected chi connectivity index (χ2v) is 8.67. The molecule has 0 bridgehead atoms. The van der Waals surface area contributed by atoms with E-state index in [0.717, 1.165) is 36.8 Å². The van der Waals surface area contributed by atoms with Crippen molar-refractivity contribution in [1.82, 2.24) is 14.9 Å². The highest BCUT2D eigenvalue weighted by Crippen LogP contribution is 2.39. The van der Waals surface area contributed by atoms with Crippen molar-refractivity contribution < 1.29 is 8.42 Å². The van der Waals surface area contributed by atoms with Crippen molar-refractivity contribution in [2.45, 2.75) is 29.8 Å². The van der Waals surface area contributed by atoms with E-state index in [-0.39, 0.29) is 16.9 Å². The van der Waals surface area contributed by atoms with Gasteiger partial charge < -0.3 is 9.80 Å². The van der Waals surface area contributed by atoms with E-state index in [9.17, 15) is 8.42 Å². The Kier molecular flexibility index (Phi) is 2.97. The number of likely N-dealkylation sites (N-methyl/N-ethyl adjacent to an activating group) is 1. The molecular weight excluding hydrogens is 288 g/mol. The first-order valence-electron chi connectivity index (χ1n) is 7.55. The fourth-order valence-corrected chi connectivity index (χ4v) is 5.89. The van der Waals surface area contributed by atoms with Gasteiger partial charge in [0.1, 0.15) is 0 Å². The first-order valence-corrected chi connectivity index (χ1v) is 9.27. The summed E-state index contributed by atoms with van der Waals surface area (Å²) in [7, 11) is -1.09. The van der Waals surface area contributed by atoms with E-state index in [0.29, 0.717) is 6.54 Å². The zero-order valence-corrected chi connectivity index (χ0v) is 13.0. The summed E-state index contributed by atoms with van der Waals surface area (Å²) in [5, 5.41) is -0.295. The van der Waals surface area contributed by atoms with Gasteiger partial charge in [0.15, 0.2) is 9.84 Å². The van der Waals surface area contributed by atoms with Crippen molar-refractivity contribution in [3.63, 3.8) is 0 Å². The number of sulfone groups is 1. The van der Waals surface area contributed by atoms with E-state index < -0.39 is 9.84 Å². The molecule has 3 aliphatic heterocycles. The van der Waals surface area contributed by atoms with Crippen molar-refractivity contribution in [3.8, 4) is 0 Å². The standard InChI is InChI=1S/C14H20N4O2S/c1-17-7-11-12(8-17)21(19,20)9-10-6-15-14(16-13(10)11)18-4-2-3-5-18/h6,11-12H,2-5,7-9H2,1H3/t11-,12+/m1/s1. The molecule has 0 N–H and O–H groups in total. The van der Waals surface area contributed by atoms with Crippen LogP contribution in [0.4, 0.5) is 5.95 Å². The first-order chi connectivity index (χ1) is 10.0. The molecule has 1 aromatic heterocycles. The molecule has 3 aliphatic rings. The number of hydrogen-bond donors (Lipinski definition) is 0. The van der Waals surface area contributed by atoms with Crippen LogP contribution in [-0.4, -0.2) is 61.8 Å². The Hall–Kier alpha value is -1.21. The summed E-state index contributed by atoms with van der Waals surface area (Å²) >= 11 is 0. The van der Waals surface area contributed by atoms with Crippen LogP contribution in [0, 0.1) is 0 Å². The van der Waals surface area contributed by atoms with Crippen molar-refractivity contribution >= 4 is 15.8 Å². The lowest BCUT2D eigenvalue weighted by molar-refractivity contribution is 0.410. The lowest BCUT2D eigenvalue weighted by Crippen LogP contribution is -2.35. The summed E-state index contributed by atoms with van der Waals surface area (Å²) in [4.78, 5) is 13.5. The number of hydrogen-bond acceptors (Lipinski definition) is 6. The fourth-order valence-electron chi connectivity index (χ4n) is 3.82. The molecule has 0 spiro atoms. The average molecular weight is 308 g/mol. The molecule has 7 heteroatoms. The number of anilines is 1. The van der Waals surface area contributed by atoms with Gasteiger partial charge in [-0.25, -0.2) is 18.4 Å². The zero-order valence-electron chi connectivity index (χ0n) is 12.2. The van der Waals surface area contributed by atoms with Gasteiger partial charge in [-0.3, -0.25) is 0 Å². The minimum atomic E-state index is -3.07. The number of rotatable bonds is 1. The molecule has 0 aromatic carbocycles. The maximum absolute atomic E-state index is 12.4. The molecule has 2 fully saturated rings. The van der Waals surface area contributed by atoms with Crippen molar-refractivity contribution in [2.24, 2.45) is 0 Å². The molecule has 2 atom stereocenters. The van der Waals surface area contributed by atoms with Gasteiger partial charge in [0.25, 0.3) is 0 Å². The van der Waals surface area contributed by atoms with E-state index in [1.165, 1.54) is 12.8 Å². The Morgan fingerprint density at radius 1 is 1.24 bits per heavy atom. The van der Waals surface area contributed by atoms with Gasteiger partial charge in [0.05, 0.1) is 16.7 Å². The van der Waals surface area contributed by atoms with Crippen molar-refractivity contribution in [2.75, 3.05) is 38.1 Å². The molecule has 114 valence electrons. The number of likely N-dealkylation sites (tertiary alicyclic amines) is 1. The minimum Gasteiger partial charge on any atom is -0.341 e. The van der Waals surface area contributed by atoms with Crippen molar-refractivity contribution in [1.29, 1.82) is 0 Å². The Morgan fingerprint density at radius 3 is 2.76 bits per heavy atom. The summed E-state index contributed by atoms with van der Waals surface area (Å²) in [6.45, 7) is 3.40. The second-order valence-electron chi connectivity index (χ2n) is 6.45. The summed E-state index contributed by atoms with van der Waals surface area (Å²) in [5.41, 5.74) is 1.77. The normalized spacial score (nSPS) is 31.2. The van der Waals surface area contributed by atoms with Gasteiger partial charge >= 0.3 is 0 Å². The second kappa shape index (κ2) is 4.64. The largest absolute Gasteiger partial charge is 0.341 e. The van der Waals surface area contributed by atoms with Gasteiger partial charge in [0, 0.05) is 43.9 Å². The predicted molar refractivity (Wildman–Crippen MR) is 80.1 cm³/mol. The van der Waals surface area contributed by atoms with Gasteiger partial charge in [-0.15, -0.1) is 0 Å². The van der Waals surface area contributed by atoms with E-state index in [1.54, 1.807) is 6.20 Å². The molecule has 0 radical (unpaired) electrons. The monoisotopic (exact) mass is 308 g/mol.